The summed E-state index contributed by atoms with van der Waals surface area (Å²) in [5.41, 5.74) is 6.30. The summed E-state index contributed by atoms with van der Waals surface area (Å²) in [6.45, 7) is 15.6. The van der Waals surface area contributed by atoms with Crippen molar-refractivity contribution in [1.82, 2.24) is 4.98 Å². The van der Waals surface area contributed by atoms with Crippen LogP contribution in [0.4, 0.5) is 0 Å². The molecular formula is C42H43IrNO2. The van der Waals surface area contributed by atoms with E-state index in [-0.39, 0.29) is 42.5 Å². The number of allylic oxidation sites excluding steroid dienone is 2. The molecule has 237 valence electrons. The number of aliphatic hydroxyl groups excluding tert-OH is 1. The van der Waals surface area contributed by atoms with Crippen LogP contribution in [-0.4, -0.2) is 20.7 Å². The van der Waals surface area contributed by atoms with Crippen LogP contribution in [0, 0.1) is 30.7 Å². The predicted molar refractivity (Wildman–Crippen MR) is 193 cm³/mol. The largest absolute Gasteiger partial charge is 0.511 e. The summed E-state index contributed by atoms with van der Waals surface area (Å²) in [6.07, 6.45) is 3.37. The molecule has 0 fully saturated rings. The molecule has 2 N–H and O–H groups in total. The number of aliphatic hydroxyl groups is 1. The maximum atomic E-state index is 9.60. The fourth-order valence-electron chi connectivity index (χ4n) is 5.42. The zero-order valence-corrected chi connectivity index (χ0v) is 30.4. The Balaban J connectivity index is 0.000000295. The van der Waals surface area contributed by atoms with E-state index in [0.717, 1.165) is 16.8 Å². The van der Waals surface area contributed by atoms with Crippen LogP contribution in [0.1, 0.15) is 52.7 Å². The molecule has 0 aliphatic rings. The fourth-order valence-corrected chi connectivity index (χ4v) is 5.42. The topological polar surface area (TPSA) is 54.5 Å². The number of hydrogen-bond acceptors (Lipinski definition) is 2. The fraction of sp³-hybridized carbons (Fsp3) is 0.238. The normalized spacial score (nSPS) is 12.0. The Morgan fingerprint density at radius 3 is 1.96 bits per heavy atom. The van der Waals surface area contributed by atoms with Crippen LogP contribution >= 0.6 is 0 Å². The molecule has 0 unspecified atom stereocenters. The third kappa shape index (κ3) is 7.64. The molecule has 4 heteroatoms. The van der Waals surface area contributed by atoms with Crippen LogP contribution in [-0.2, 0) is 20.1 Å². The van der Waals surface area contributed by atoms with Crippen LogP contribution in [0.25, 0.3) is 54.7 Å². The number of benzene rings is 5. The van der Waals surface area contributed by atoms with Gasteiger partial charge in [0.2, 0.25) is 0 Å². The van der Waals surface area contributed by atoms with Crippen molar-refractivity contribution in [2.75, 3.05) is 0 Å². The minimum absolute atomic E-state index is 0. The molecule has 6 aromatic rings. The number of carbonyl (C=O) groups excluding carboxylic acids is 1. The number of nitrogens with zero attached hydrogens (tertiary/aromatic N) is 1. The average Bonchev–Trinajstić information content (AvgIpc) is 2.99. The van der Waals surface area contributed by atoms with Gasteiger partial charge < -0.3 is 10.1 Å². The first-order valence-electron chi connectivity index (χ1n) is 15.5. The van der Waals surface area contributed by atoms with Crippen molar-refractivity contribution in [1.29, 1.82) is 0 Å². The van der Waals surface area contributed by atoms with Gasteiger partial charge in [0.25, 0.3) is 0 Å². The number of rotatable bonds is 3. The molecule has 0 aliphatic carbocycles. The molecule has 3 nitrogen and oxygen atoms in total. The van der Waals surface area contributed by atoms with Crippen LogP contribution < -0.4 is 0 Å². The predicted octanol–water partition coefficient (Wildman–Crippen LogP) is 11.4. The third-order valence-electron chi connectivity index (χ3n) is 8.08. The molecule has 1 heterocycles. The van der Waals surface area contributed by atoms with Crippen molar-refractivity contribution in [3.05, 3.63) is 126 Å². The van der Waals surface area contributed by atoms with Crippen molar-refractivity contribution < 1.29 is 30.0 Å². The third-order valence-corrected chi connectivity index (χ3v) is 8.08. The molecule has 1 radical (unpaired) electrons. The number of fused-ring (bicyclic) bond motifs is 5. The van der Waals surface area contributed by atoms with E-state index in [1.165, 1.54) is 55.1 Å². The Kier molecular flexibility index (Phi) is 10.4. The van der Waals surface area contributed by atoms with Gasteiger partial charge in [0.05, 0.1) is 11.5 Å². The number of hydrogen-bond donors (Lipinski definition) is 1. The van der Waals surface area contributed by atoms with Crippen LogP contribution in [0.5, 0.6) is 0 Å². The molecule has 0 atom stereocenters. The number of ketones is 1. The first-order valence-corrected chi connectivity index (χ1v) is 15.5. The van der Waals surface area contributed by atoms with Gasteiger partial charge in [-0.25, -0.2) is 0 Å². The summed E-state index contributed by atoms with van der Waals surface area (Å²) < 4.78 is 0. The van der Waals surface area contributed by atoms with Gasteiger partial charge in [-0.15, -0.1) is 34.9 Å². The Labute approximate surface area is 286 Å². The molecule has 46 heavy (non-hydrogen) atoms. The minimum Gasteiger partial charge on any atom is -0.511 e. The molecule has 6 rings (SSSR count). The smallest absolute Gasteiger partial charge is 0.325 e. The standard InChI is InChI=1S/C31H22N.C11H20O2.Ir/c1-20-16-21(2)18-25(17-20)31-30-13-12-27-26-10-8-23(22-6-4-3-5-7-22)19-24(26)9-11-28(27)29(30)14-15-32-31;1-10(2,3)8(12)7-9(13)11(4,5)6;/h3-17,19H,1-2H3;7,12H,1-6H3;/q-1;;/p+1/b;8-7-;. The van der Waals surface area contributed by atoms with E-state index >= 15 is 0 Å². The van der Waals surface area contributed by atoms with Gasteiger partial charge in [0.15, 0.2) is 0 Å². The van der Waals surface area contributed by atoms with E-state index in [1.54, 1.807) is 0 Å². The van der Waals surface area contributed by atoms with Crippen molar-refractivity contribution in [2.45, 2.75) is 55.4 Å². The second-order valence-corrected chi connectivity index (χ2v) is 14.0. The summed E-state index contributed by atoms with van der Waals surface area (Å²) in [5, 5.41) is 17.1. The molecule has 0 amide bonds. The molecular weight excluding hydrogens is 743 g/mol. The van der Waals surface area contributed by atoms with E-state index in [0.29, 0.717) is 0 Å². The van der Waals surface area contributed by atoms with Gasteiger partial charge in [-0.05, 0) is 82.0 Å². The first-order chi connectivity index (χ1) is 21.2. The minimum atomic E-state index is -0.306. The van der Waals surface area contributed by atoms with Crippen LogP contribution in [0.3, 0.4) is 0 Å². The summed E-state index contributed by atoms with van der Waals surface area (Å²) in [5.74, 6) is 0.417. The van der Waals surface area contributed by atoms with Gasteiger partial charge in [-0.3, -0.25) is 4.79 Å². The van der Waals surface area contributed by atoms with E-state index < -0.39 is 0 Å². The Bertz CT molecular complexity index is 2040. The first kappa shape index (κ1) is 34.8. The van der Waals surface area contributed by atoms with Gasteiger partial charge in [0, 0.05) is 31.7 Å². The summed E-state index contributed by atoms with van der Waals surface area (Å²) in [7, 11) is 0. The molecule has 1 aromatic heterocycles. The number of pyridine rings is 1. The Hall–Kier alpha value is -4.11. The van der Waals surface area contributed by atoms with E-state index in [2.05, 4.69) is 111 Å². The van der Waals surface area contributed by atoms with Gasteiger partial charge in [-0.2, -0.15) is 0 Å². The monoisotopic (exact) mass is 786 g/mol. The second-order valence-electron chi connectivity index (χ2n) is 14.0. The SMILES string of the molecule is CC(C)(C)C(=[OH+])/C=C(\O)C(C)(C)C.Cc1[c-]c(-c2nccc3c2ccc2c4ccc(-c5ccccc5)cc4ccc32)cc(C)c1.[Ir]. The summed E-state index contributed by atoms with van der Waals surface area (Å²) in [6, 6.07) is 36.2. The molecule has 0 saturated heterocycles. The average molecular weight is 786 g/mol. The number of aryl methyl sites for hydroxylation is 2. The van der Waals surface area contributed by atoms with Crippen LogP contribution in [0.2, 0.25) is 0 Å². The van der Waals surface area contributed by atoms with E-state index in [9.17, 15) is 9.90 Å². The zero-order valence-electron chi connectivity index (χ0n) is 28.0. The molecule has 0 saturated carbocycles. The second kappa shape index (κ2) is 13.7. The number of aromatic nitrogens is 1. The maximum Gasteiger partial charge on any atom is 0.325 e. The van der Waals surface area contributed by atoms with E-state index in [4.69, 9.17) is 4.98 Å². The molecule has 0 bridgehead atoms. The maximum absolute atomic E-state index is 9.60. The van der Waals surface area contributed by atoms with Crippen LogP contribution in [0.15, 0.2) is 109 Å². The van der Waals surface area contributed by atoms with Crippen molar-refractivity contribution in [3.8, 4) is 22.4 Å². The molecule has 0 aliphatic heterocycles. The van der Waals surface area contributed by atoms with Crippen molar-refractivity contribution in [2.24, 2.45) is 10.8 Å². The van der Waals surface area contributed by atoms with Crippen molar-refractivity contribution in [3.63, 3.8) is 0 Å². The molecule has 0 spiro atoms. The quantitative estimate of drug-likeness (QED) is 0.0639. The van der Waals surface area contributed by atoms with Gasteiger partial charge >= 0.3 is 5.78 Å². The summed E-state index contributed by atoms with van der Waals surface area (Å²) in [4.78, 5) is 14.3. The van der Waals surface area contributed by atoms with E-state index in [1.807, 2.05) is 47.7 Å². The van der Waals surface area contributed by atoms with Gasteiger partial charge in [0.1, 0.15) is 5.76 Å². The van der Waals surface area contributed by atoms with Gasteiger partial charge in [-0.1, -0.05) is 101 Å². The Morgan fingerprint density at radius 1 is 0.696 bits per heavy atom. The molecule has 5 aromatic carbocycles. The zero-order chi connectivity index (χ0) is 32.5. The Morgan fingerprint density at radius 2 is 1.30 bits per heavy atom. The van der Waals surface area contributed by atoms with Crippen molar-refractivity contribution >= 4 is 38.1 Å². The summed E-state index contributed by atoms with van der Waals surface area (Å²) >= 11 is 0.